The number of hydrogen-bond donors (Lipinski definition) is 2. The lowest BCUT2D eigenvalue weighted by Gasteiger charge is -2.08. The maximum atomic E-state index is 8.84. The molecule has 0 spiro atoms. The fourth-order valence-electron chi connectivity index (χ4n) is 10.1. The number of fused-ring (bicyclic) bond motifs is 12. The summed E-state index contributed by atoms with van der Waals surface area (Å²) in [5, 5.41) is 16.2. The van der Waals surface area contributed by atoms with E-state index in [1.165, 1.54) is 82.7 Å². The number of hydrogen-bond acceptors (Lipinski definition) is 2. The van der Waals surface area contributed by atoms with Crippen molar-refractivity contribution in [3.8, 4) is 39.4 Å². The molecule has 0 amide bonds. The monoisotopic (exact) mass is 938 g/mol. The smallest absolute Gasteiger partial charge is 0.537 e. The van der Waals surface area contributed by atoms with Gasteiger partial charge in [-0.05, 0) is 137 Å². The largest absolute Gasteiger partial charge is 0.569 e. The van der Waals surface area contributed by atoms with Crippen LogP contribution in [0.25, 0.3) is 99.0 Å². The Kier molecular flexibility index (Phi) is 10.7. The van der Waals surface area contributed by atoms with Gasteiger partial charge in [0, 0.05) is 59.2 Å². The molecule has 5 nitrogen and oxygen atoms in total. The second-order valence-corrected chi connectivity index (χ2v) is 18.0. The van der Waals surface area contributed by atoms with Crippen molar-refractivity contribution >= 4 is 89.0 Å². The van der Waals surface area contributed by atoms with E-state index < -0.39 is 0 Å². The van der Waals surface area contributed by atoms with Crippen LogP contribution in [0.4, 0.5) is 0 Å². The summed E-state index contributed by atoms with van der Waals surface area (Å²) < 4.78 is 10.9. The second kappa shape index (κ2) is 17.6. The molecule has 7 heteroatoms. The number of para-hydroxylation sites is 5. The van der Waals surface area contributed by atoms with Gasteiger partial charge in [0.05, 0.1) is 22.1 Å². The van der Waals surface area contributed by atoms with Crippen LogP contribution in [-0.4, -0.2) is 26.8 Å². The third-order valence-electron chi connectivity index (χ3n) is 13.1. The molecular formula is C61H42BBrN3O2. The molecule has 0 aliphatic heterocycles. The van der Waals surface area contributed by atoms with Gasteiger partial charge in [-0.1, -0.05) is 149 Å². The molecule has 2 N–H and O–H groups in total. The van der Waals surface area contributed by atoms with Crippen LogP contribution >= 0.6 is 15.9 Å². The molecule has 3 aromatic heterocycles. The summed E-state index contributed by atoms with van der Waals surface area (Å²) in [5.41, 5.74) is 17.5. The fraction of sp³-hybridized carbons (Fsp3) is 0.0164. The number of aromatic amines is 1. The van der Waals surface area contributed by atoms with Crippen molar-refractivity contribution in [3.05, 3.63) is 246 Å². The summed E-state index contributed by atoms with van der Waals surface area (Å²) in [6, 6.07) is 80.9. The standard InChI is InChI=1S/C30H20N2.C18H13BNO2.C13H9Br/c1-2-8-22(9-3-1)32-29-13-7-5-11-24(29)26-19-21(15-17-30(26)32)20-14-16-28-25(18-20)23-10-4-6-12-27(23)31-28;21-19-22-14-10-11-18-16(12-14)15-8-4-5-9-17(15)20(18)13-6-2-1-3-7-13;14-11-6-5-10-7-9-3-1-2-4-12(9)13(10)8-11/h1-19,31H;1-12,21H;1-6,8H,7H2. The van der Waals surface area contributed by atoms with Crippen LogP contribution in [0, 0.1) is 0 Å². The number of halogens is 1. The van der Waals surface area contributed by atoms with E-state index in [-0.39, 0.29) is 0 Å². The molecule has 0 saturated heterocycles. The average Bonchev–Trinajstić information content (AvgIpc) is 4.14. The Morgan fingerprint density at radius 1 is 0.412 bits per heavy atom. The van der Waals surface area contributed by atoms with Crippen LogP contribution in [0.15, 0.2) is 235 Å². The van der Waals surface area contributed by atoms with Gasteiger partial charge >= 0.3 is 7.69 Å². The Hall–Kier alpha value is -8.10. The predicted octanol–water partition coefficient (Wildman–Crippen LogP) is 15.8. The van der Waals surface area contributed by atoms with Crippen molar-refractivity contribution < 1.29 is 9.68 Å². The van der Waals surface area contributed by atoms with E-state index in [1.807, 2.05) is 48.5 Å². The Bertz CT molecular complexity index is 3990. The first-order valence-corrected chi connectivity index (χ1v) is 23.6. The molecule has 13 aromatic rings. The highest BCUT2D eigenvalue weighted by atomic mass is 79.9. The lowest BCUT2D eigenvalue weighted by molar-refractivity contribution is 0.454. The van der Waals surface area contributed by atoms with Gasteiger partial charge in [-0.2, -0.15) is 0 Å². The lowest BCUT2D eigenvalue weighted by atomic mass is 10.0. The highest BCUT2D eigenvalue weighted by Gasteiger charge is 2.18. The van der Waals surface area contributed by atoms with E-state index in [0.29, 0.717) is 13.4 Å². The van der Waals surface area contributed by atoms with E-state index in [9.17, 15) is 0 Å². The Labute approximate surface area is 402 Å². The first-order chi connectivity index (χ1) is 33.6. The summed E-state index contributed by atoms with van der Waals surface area (Å²) in [4.78, 5) is 3.53. The van der Waals surface area contributed by atoms with Crippen LogP contribution in [0.3, 0.4) is 0 Å². The van der Waals surface area contributed by atoms with Gasteiger partial charge in [0.2, 0.25) is 0 Å². The minimum Gasteiger partial charge on any atom is -0.537 e. The molecule has 1 radical (unpaired) electrons. The minimum absolute atomic E-state index is 0.617. The minimum atomic E-state index is 0.617. The van der Waals surface area contributed by atoms with Crippen LogP contribution in [-0.2, 0) is 6.42 Å². The van der Waals surface area contributed by atoms with Crippen molar-refractivity contribution in [1.82, 2.24) is 14.1 Å². The Morgan fingerprint density at radius 2 is 0.926 bits per heavy atom. The summed E-state index contributed by atoms with van der Waals surface area (Å²) in [6.07, 6.45) is 1.08. The van der Waals surface area contributed by atoms with Crippen molar-refractivity contribution in [2.24, 2.45) is 0 Å². The summed E-state index contributed by atoms with van der Waals surface area (Å²) in [5.74, 6) is 0.617. The zero-order chi connectivity index (χ0) is 45.6. The van der Waals surface area contributed by atoms with E-state index >= 15 is 0 Å². The molecule has 10 aromatic carbocycles. The molecule has 323 valence electrons. The molecule has 14 rings (SSSR count). The number of nitrogens with one attached hydrogen (secondary N) is 1. The first-order valence-electron chi connectivity index (χ1n) is 22.8. The summed E-state index contributed by atoms with van der Waals surface area (Å²) >= 11 is 3.52. The van der Waals surface area contributed by atoms with Crippen LogP contribution in [0.5, 0.6) is 5.75 Å². The quantitative estimate of drug-likeness (QED) is 0.169. The van der Waals surface area contributed by atoms with Crippen molar-refractivity contribution in [2.75, 3.05) is 0 Å². The van der Waals surface area contributed by atoms with Gasteiger partial charge < -0.3 is 23.8 Å². The molecule has 68 heavy (non-hydrogen) atoms. The van der Waals surface area contributed by atoms with Gasteiger partial charge in [0.15, 0.2) is 0 Å². The molecule has 1 aliphatic carbocycles. The maximum Gasteiger partial charge on any atom is 0.569 e. The zero-order valence-electron chi connectivity index (χ0n) is 36.9. The van der Waals surface area contributed by atoms with E-state index in [0.717, 1.165) is 38.4 Å². The zero-order valence-corrected chi connectivity index (χ0v) is 38.4. The van der Waals surface area contributed by atoms with Gasteiger partial charge in [-0.3, -0.25) is 0 Å². The van der Waals surface area contributed by atoms with E-state index in [1.54, 1.807) is 0 Å². The maximum absolute atomic E-state index is 8.84. The third kappa shape index (κ3) is 7.43. The molecule has 3 heterocycles. The number of nitrogens with zero attached hydrogens (tertiary/aromatic N) is 2. The van der Waals surface area contributed by atoms with Gasteiger partial charge in [-0.15, -0.1) is 0 Å². The fourth-order valence-corrected chi connectivity index (χ4v) is 10.4. The molecular weight excluding hydrogens is 897 g/mol. The van der Waals surface area contributed by atoms with Gasteiger partial charge in [-0.25, -0.2) is 0 Å². The van der Waals surface area contributed by atoms with Crippen LogP contribution in [0.1, 0.15) is 11.1 Å². The molecule has 0 bridgehead atoms. The number of aromatic nitrogens is 3. The summed E-state index contributed by atoms with van der Waals surface area (Å²) in [6.45, 7) is 0. The highest BCUT2D eigenvalue weighted by Crippen LogP contribution is 2.39. The number of benzene rings is 10. The van der Waals surface area contributed by atoms with E-state index in [4.69, 9.17) is 9.68 Å². The predicted molar refractivity (Wildman–Crippen MR) is 287 cm³/mol. The Morgan fingerprint density at radius 3 is 1.62 bits per heavy atom. The number of rotatable bonds is 5. The van der Waals surface area contributed by atoms with Gasteiger partial charge in [0.25, 0.3) is 0 Å². The van der Waals surface area contributed by atoms with Gasteiger partial charge in [0.1, 0.15) is 5.75 Å². The molecule has 0 fully saturated rings. The van der Waals surface area contributed by atoms with Crippen molar-refractivity contribution in [2.45, 2.75) is 6.42 Å². The summed E-state index contributed by atoms with van der Waals surface area (Å²) in [7, 11) is 0.706. The van der Waals surface area contributed by atoms with E-state index in [2.05, 4.69) is 212 Å². The van der Waals surface area contributed by atoms with Crippen LogP contribution in [0.2, 0.25) is 0 Å². The second-order valence-electron chi connectivity index (χ2n) is 17.1. The van der Waals surface area contributed by atoms with Crippen molar-refractivity contribution in [3.63, 3.8) is 0 Å². The molecule has 0 unspecified atom stereocenters. The average molecular weight is 940 g/mol. The number of H-pyrrole nitrogens is 1. The highest BCUT2D eigenvalue weighted by molar-refractivity contribution is 9.10. The molecule has 1 aliphatic rings. The molecule has 0 atom stereocenters. The normalized spacial score (nSPS) is 11.6. The van der Waals surface area contributed by atoms with Crippen molar-refractivity contribution in [1.29, 1.82) is 0 Å². The third-order valence-corrected chi connectivity index (χ3v) is 13.6. The first kappa shape index (κ1) is 41.3. The Balaban J connectivity index is 0.000000115. The lowest BCUT2D eigenvalue weighted by Crippen LogP contribution is -1.99. The molecule has 0 saturated carbocycles. The van der Waals surface area contributed by atoms with Crippen LogP contribution < -0.4 is 4.65 Å². The SMILES string of the molecule is Brc1ccc2c(c1)-c1ccccc1C2.O[B]Oc1ccc2c(c1)c1ccccc1n2-c1ccccc1.c1ccc(-n2c3ccccc3c3cc(-c4ccc5[nH]c6ccccc6c5c4)ccc32)cc1. The topological polar surface area (TPSA) is 55.1 Å².